The second kappa shape index (κ2) is 10.2. The van der Waals surface area contributed by atoms with Gasteiger partial charge >= 0.3 is 0 Å². The molecule has 1 fully saturated rings. The van der Waals surface area contributed by atoms with Crippen molar-refractivity contribution in [1.82, 2.24) is 19.6 Å². The molecule has 2 N–H and O–H groups in total. The average molecular weight is 503 g/mol. The molecule has 186 valence electrons. The van der Waals surface area contributed by atoms with Gasteiger partial charge in [-0.15, -0.1) is 0 Å². The molecule has 0 bridgehead atoms. The molecule has 0 aliphatic carbocycles. The summed E-state index contributed by atoms with van der Waals surface area (Å²) in [4.78, 5) is 22.8. The molecule has 0 saturated carbocycles. The van der Waals surface area contributed by atoms with Crippen LogP contribution < -0.4 is 4.72 Å². The molecule has 3 aromatic carbocycles. The van der Waals surface area contributed by atoms with Crippen molar-refractivity contribution in [3.63, 3.8) is 0 Å². The van der Waals surface area contributed by atoms with E-state index < -0.39 is 16.1 Å². The predicted molar refractivity (Wildman–Crippen MR) is 141 cm³/mol. The highest BCUT2D eigenvalue weighted by Crippen LogP contribution is 2.23. The van der Waals surface area contributed by atoms with Gasteiger partial charge in [-0.2, -0.15) is 4.72 Å². The fourth-order valence-electron chi connectivity index (χ4n) is 4.68. The zero-order chi connectivity index (χ0) is 25.1. The fraction of sp³-hybridized carbons (Fsp3) is 0.286. The number of sulfonamides is 1. The number of carbonyl (C=O) groups is 1. The third kappa shape index (κ3) is 5.34. The largest absolute Gasteiger partial charge is 0.345 e. The minimum absolute atomic E-state index is 0.134. The molecule has 5 rings (SSSR count). The third-order valence-electron chi connectivity index (χ3n) is 6.89. The summed E-state index contributed by atoms with van der Waals surface area (Å²) in [5.41, 5.74) is 4.46. The highest BCUT2D eigenvalue weighted by Gasteiger charge is 2.31. The van der Waals surface area contributed by atoms with Gasteiger partial charge in [-0.25, -0.2) is 13.4 Å². The van der Waals surface area contributed by atoms with Crippen LogP contribution in [0.4, 0.5) is 0 Å². The number of amides is 1. The first-order valence-electron chi connectivity index (χ1n) is 12.3. The minimum atomic E-state index is -3.92. The Morgan fingerprint density at radius 3 is 2.44 bits per heavy atom. The van der Waals surface area contributed by atoms with Crippen LogP contribution in [0.5, 0.6) is 0 Å². The van der Waals surface area contributed by atoms with Crippen molar-refractivity contribution < 1.29 is 13.2 Å². The van der Waals surface area contributed by atoms with E-state index >= 15 is 0 Å². The van der Waals surface area contributed by atoms with Crippen LogP contribution in [0.3, 0.4) is 0 Å². The quantitative estimate of drug-likeness (QED) is 0.392. The van der Waals surface area contributed by atoms with Gasteiger partial charge in [0, 0.05) is 13.1 Å². The SMILES string of the molecule is CC1CCN(C(=O)C(Cc2ccc3[nH]cnc3c2)NS(=O)(=O)c2ccc(-c3ccccc3)cc2)CC1. The first-order valence-corrected chi connectivity index (χ1v) is 13.8. The van der Waals surface area contributed by atoms with Crippen molar-refractivity contribution >= 4 is 27.0 Å². The number of hydrogen-bond donors (Lipinski definition) is 2. The molecule has 1 aliphatic rings. The molecule has 8 heteroatoms. The number of aromatic amines is 1. The number of rotatable bonds is 7. The Balaban J connectivity index is 1.40. The highest BCUT2D eigenvalue weighted by molar-refractivity contribution is 7.89. The molecular weight excluding hydrogens is 472 g/mol. The summed E-state index contributed by atoms with van der Waals surface area (Å²) >= 11 is 0. The standard InChI is InChI=1S/C28H30N4O3S/c1-20-13-15-32(16-14-20)28(33)27(18-21-7-12-25-26(17-21)30-19-29-25)31-36(34,35)24-10-8-23(9-11-24)22-5-3-2-4-6-22/h2-12,17,19-20,27,31H,13-16,18H2,1H3,(H,29,30). The molecular formula is C28H30N4O3S. The van der Waals surface area contributed by atoms with E-state index in [1.165, 1.54) is 0 Å². The summed E-state index contributed by atoms with van der Waals surface area (Å²) in [6, 6.07) is 21.3. The molecule has 1 aromatic heterocycles. The van der Waals surface area contributed by atoms with E-state index in [-0.39, 0.29) is 17.2 Å². The Bertz CT molecular complexity index is 1440. The van der Waals surface area contributed by atoms with E-state index in [4.69, 9.17) is 0 Å². The van der Waals surface area contributed by atoms with Crippen LogP contribution >= 0.6 is 0 Å². The zero-order valence-electron chi connectivity index (χ0n) is 20.2. The maximum Gasteiger partial charge on any atom is 0.241 e. The van der Waals surface area contributed by atoms with Gasteiger partial charge in [0.2, 0.25) is 15.9 Å². The summed E-state index contributed by atoms with van der Waals surface area (Å²) in [5.74, 6) is 0.378. The molecule has 1 unspecified atom stereocenters. The molecule has 36 heavy (non-hydrogen) atoms. The maximum absolute atomic E-state index is 13.5. The van der Waals surface area contributed by atoms with Gasteiger partial charge in [-0.05, 0) is 66.1 Å². The summed E-state index contributed by atoms with van der Waals surface area (Å²) in [6.45, 7) is 3.46. The minimum Gasteiger partial charge on any atom is -0.345 e. The average Bonchev–Trinajstić information content (AvgIpc) is 3.37. The number of piperidine rings is 1. The second-order valence-electron chi connectivity index (χ2n) is 9.53. The smallest absolute Gasteiger partial charge is 0.241 e. The van der Waals surface area contributed by atoms with Gasteiger partial charge < -0.3 is 9.88 Å². The summed E-state index contributed by atoms with van der Waals surface area (Å²) in [6.07, 6.45) is 3.71. The van der Waals surface area contributed by atoms with E-state index in [0.29, 0.717) is 19.0 Å². The Kier molecular flexibility index (Phi) is 6.89. The van der Waals surface area contributed by atoms with Gasteiger partial charge in [-0.3, -0.25) is 4.79 Å². The van der Waals surface area contributed by atoms with Crippen LogP contribution in [0.1, 0.15) is 25.3 Å². The van der Waals surface area contributed by atoms with Gasteiger partial charge in [0.05, 0.1) is 22.3 Å². The van der Waals surface area contributed by atoms with Crippen LogP contribution in [0.25, 0.3) is 22.2 Å². The first-order chi connectivity index (χ1) is 17.4. The van der Waals surface area contributed by atoms with Crippen molar-refractivity contribution in [1.29, 1.82) is 0 Å². The third-order valence-corrected chi connectivity index (χ3v) is 8.38. The van der Waals surface area contributed by atoms with Gasteiger partial charge in [0.1, 0.15) is 6.04 Å². The monoisotopic (exact) mass is 502 g/mol. The Hall–Kier alpha value is -3.49. The molecule has 0 spiro atoms. The number of nitrogens with zero attached hydrogens (tertiary/aromatic N) is 2. The number of H-pyrrole nitrogens is 1. The van der Waals surface area contributed by atoms with E-state index in [9.17, 15) is 13.2 Å². The van der Waals surface area contributed by atoms with E-state index in [1.54, 1.807) is 35.5 Å². The molecule has 4 aromatic rings. The summed E-state index contributed by atoms with van der Waals surface area (Å²) in [7, 11) is -3.92. The number of benzene rings is 3. The highest BCUT2D eigenvalue weighted by atomic mass is 32.2. The first kappa shape index (κ1) is 24.2. The lowest BCUT2D eigenvalue weighted by Crippen LogP contribution is -2.51. The van der Waals surface area contributed by atoms with Crippen molar-refractivity contribution in [3.05, 3.63) is 84.7 Å². The molecule has 1 aliphatic heterocycles. The van der Waals surface area contributed by atoms with E-state index in [2.05, 4.69) is 21.6 Å². The Labute approximate surface area is 211 Å². The van der Waals surface area contributed by atoms with Gasteiger partial charge in [0.25, 0.3) is 0 Å². The number of aromatic nitrogens is 2. The number of likely N-dealkylation sites (tertiary alicyclic amines) is 1. The van der Waals surface area contributed by atoms with Crippen molar-refractivity contribution in [3.8, 4) is 11.1 Å². The second-order valence-corrected chi connectivity index (χ2v) is 11.2. The van der Waals surface area contributed by atoms with Gasteiger partial charge in [-0.1, -0.05) is 55.5 Å². The van der Waals surface area contributed by atoms with Gasteiger partial charge in [0.15, 0.2) is 0 Å². The number of imidazole rings is 1. The molecule has 1 atom stereocenters. The zero-order valence-corrected chi connectivity index (χ0v) is 21.0. The molecule has 0 radical (unpaired) electrons. The van der Waals surface area contributed by atoms with Crippen LogP contribution in [0.2, 0.25) is 0 Å². The summed E-state index contributed by atoms with van der Waals surface area (Å²) in [5, 5.41) is 0. The molecule has 1 amide bonds. The van der Waals surface area contributed by atoms with E-state index in [0.717, 1.165) is 40.6 Å². The number of carbonyl (C=O) groups excluding carboxylic acids is 1. The molecule has 2 heterocycles. The summed E-state index contributed by atoms with van der Waals surface area (Å²) < 4.78 is 29.5. The van der Waals surface area contributed by atoms with Crippen molar-refractivity contribution in [2.45, 2.75) is 37.1 Å². The van der Waals surface area contributed by atoms with Crippen LogP contribution in [0.15, 0.2) is 84.0 Å². The normalized spacial score (nSPS) is 15.8. The number of hydrogen-bond acceptors (Lipinski definition) is 4. The van der Waals surface area contributed by atoms with Crippen molar-refractivity contribution in [2.75, 3.05) is 13.1 Å². The lowest BCUT2D eigenvalue weighted by atomic mass is 9.98. The van der Waals surface area contributed by atoms with E-state index in [1.807, 2.05) is 48.5 Å². The lowest BCUT2D eigenvalue weighted by molar-refractivity contribution is -0.134. The number of fused-ring (bicyclic) bond motifs is 1. The topological polar surface area (TPSA) is 95.2 Å². The number of nitrogens with one attached hydrogen (secondary N) is 2. The Morgan fingerprint density at radius 1 is 1.03 bits per heavy atom. The molecule has 1 saturated heterocycles. The van der Waals surface area contributed by atoms with Crippen molar-refractivity contribution in [2.24, 2.45) is 5.92 Å². The lowest BCUT2D eigenvalue weighted by Gasteiger charge is -2.33. The predicted octanol–water partition coefficient (Wildman–Crippen LogP) is 4.38. The van der Waals surface area contributed by atoms with Crippen LogP contribution in [-0.2, 0) is 21.2 Å². The Morgan fingerprint density at radius 2 is 1.72 bits per heavy atom. The molecule has 7 nitrogen and oxygen atoms in total. The maximum atomic E-state index is 13.5. The van der Waals surface area contributed by atoms with Crippen LogP contribution in [0, 0.1) is 5.92 Å². The fourth-order valence-corrected chi connectivity index (χ4v) is 5.87. The van der Waals surface area contributed by atoms with Crippen LogP contribution in [-0.4, -0.2) is 48.3 Å².